The topological polar surface area (TPSA) is 77.7 Å². The zero-order valence-corrected chi connectivity index (χ0v) is 19.3. The monoisotopic (exact) mass is 445 g/mol. The molecule has 1 atom stereocenters. The molecule has 4 rings (SSSR count). The second kappa shape index (κ2) is 10.0. The Labute approximate surface area is 195 Å². The van der Waals surface area contributed by atoms with Gasteiger partial charge in [0.1, 0.15) is 11.5 Å². The van der Waals surface area contributed by atoms with E-state index in [1.807, 2.05) is 30.3 Å². The number of aromatic nitrogens is 1. The van der Waals surface area contributed by atoms with Crippen molar-refractivity contribution in [3.05, 3.63) is 78.1 Å². The molecule has 1 aliphatic rings. The fraction of sp³-hybridized carbons (Fsp3) is 0.333. The van der Waals surface area contributed by atoms with Crippen LogP contribution in [0.2, 0.25) is 0 Å². The molecule has 6 nitrogen and oxygen atoms in total. The summed E-state index contributed by atoms with van der Waals surface area (Å²) in [5.74, 6) is 1.29. The molecule has 172 valence electrons. The Kier molecular flexibility index (Phi) is 6.94. The molecule has 1 fully saturated rings. The van der Waals surface area contributed by atoms with Crippen molar-refractivity contribution in [3.63, 3.8) is 0 Å². The molecule has 0 saturated carbocycles. The Morgan fingerprint density at radius 3 is 2.21 bits per heavy atom. The van der Waals surface area contributed by atoms with Gasteiger partial charge in [0, 0.05) is 31.5 Å². The van der Waals surface area contributed by atoms with Crippen molar-refractivity contribution in [3.8, 4) is 22.6 Å². The Morgan fingerprint density at radius 1 is 0.970 bits per heavy atom. The van der Waals surface area contributed by atoms with Crippen molar-refractivity contribution >= 4 is 5.91 Å². The van der Waals surface area contributed by atoms with Crippen molar-refractivity contribution in [2.75, 3.05) is 27.3 Å². The zero-order chi connectivity index (χ0) is 23.3. The lowest BCUT2D eigenvalue weighted by atomic mass is 9.74. The van der Waals surface area contributed by atoms with Crippen molar-refractivity contribution in [1.29, 1.82) is 0 Å². The number of primary amides is 1. The van der Waals surface area contributed by atoms with Gasteiger partial charge in [-0.3, -0.25) is 14.7 Å². The van der Waals surface area contributed by atoms with Crippen LogP contribution in [0.4, 0.5) is 0 Å². The highest BCUT2D eigenvalue weighted by Gasteiger charge is 2.40. The highest BCUT2D eigenvalue weighted by molar-refractivity contribution is 5.81. The summed E-state index contributed by atoms with van der Waals surface area (Å²) < 4.78 is 10.8. The molecule has 1 saturated heterocycles. The summed E-state index contributed by atoms with van der Waals surface area (Å²) in [4.78, 5) is 19.1. The van der Waals surface area contributed by atoms with Crippen LogP contribution in [0, 0.1) is 5.41 Å². The number of ether oxygens (including phenoxy) is 2. The highest BCUT2D eigenvalue weighted by Crippen LogP contribution is 2.35. The van der Waals surface area contributed by atoms with E-state index in [1.54, 1.807) is 26.6 Å². The molecule has 3 aromatic rings. The minimum absolute atomic E-state index is 0.228. The number of hydrogen-bond donors (Lipinski definition) is 1. The predicted molar refractivity (Wildman–Crippen MR) is 129 cm³/mol. The summed E-state index contributed by atoms with van der Waals surface area (Å²) in [6, 6.07) is 18.3. The van der Waals surface area contributed by atoms with E-state index < -0.39 is 5.41 Å². The van der Waals surface area contributed by atoms with Gasteiger partial charge in [0.15, 0.2) is 0 Å². The largest absolute Gasteiger partial charge is 0.497 e. The van der Waals surface area contributed by atoms with Crippen LogP contribution in [0.5, 0.6) is 11.5 Å². The number of carbonyl (C=O) groups is 1. The lowest BCUT2D eigenvalue weighted by Crippen LogP contribution is -2.51. The van der Waals surface area contributed by atoms with E-state index in [9.17, 15) is 4.79 Å². The quantitative estimate of drug-likeness (QED) is 0.565. The molecule has 1 amide bonds. The standard InChI is InChI=1S/C27H31N3O3/c1-32-24-14-21(15-25(16-24)33-2)18-30-13-3-10-27(19-30,26(28)31)17-20-4-6-22(7-5-20)23-8-11-29-12-9-23/h4-9,11-12,14-16H,3,10,13,17-19H2,1-2H3,(H2,28,31). The molecule has 1 unspecified atom stereocenters. The Morgan fingerprint density at radius 2 is 1.61 bits per heavy atom. The van der Waals surface area contributed by atoms with Crippen LogP contribution >= 0.6 is 0 Å². The van der Waals surface area contributed by atoms with Crippen LogP contribution in [0.3, 0.4) is 0 Å². The Balaban J connectivity index is 1.51. The summed E-state index contributed by atoms with van der Waals surface area (Å²) in [6.45, 7) is 2.27. The van der Waals surface area contributed by atoms with E-state index in [4.69, 9.17) is 15.2 Å². The molecule has 1 aliphatic heterocycles. The van der Waals surface area contributed by atoms with E-state index in [0.29, 0.717) is 19.5 Å². The molecule has 0 spiro atoms. The number of nitrogens with zero attached hydrogens (tertiary/aromatic N) is 2. The number of piperidine rings is 1. The fourth-order valence-corrected chi connectivity index (χ4v) is 4.76. The number of pyridine rings is 1. The second-order valence-corrected chi connectivity index (χ2v) is 8.79. The number of nitrogens with two attached hydrogens (primary N) is 1. The van der Waals surface area contributed by atoms with Gasteiger partial charge in [0.2, 0.25) is 5.91 Å². The van der Waals surface area contributed by atoms with Gasteiger partial charge in [-0.25, -0.2) is 0 Å². The zero-order valence-electron chi connectivity index (χ0n) is 19.3. The smallest absolute Gasteiger partial charge is 0.225 e. The summed E-state index contributed by atoms with van der Waals surface area (Å²) in [6.07, 6.45) is 5.95. The molecule has 1 aromatic heterocycles. The molecular weight excluding hydrogens is 414 g/mol. The first-order valence-electron chi connectivity index (χ1n) is 11.2. The number of rotatable bonds is 8. The van der Waals surface area contributed by atoms with Gasteiger partial charge in [-0.2, -0.15) is 0 Å². The first-order chi connectivity index (χ1) is 16.0. The average Bonchev–Trinajstić information content (AvgIpc) is 2.85. The third kappa shape index (κ3) is 5.34. The third-order valence-corrected chi connectivity index (χ3v) is 6.51. The molecule has 2 heterocycles. The van der Waals surface area contributed by atoms with Crippen molar-refractivity contribution < 1.29 is 14.3 Å². The predicted octanol–water partition coefficient (Wildman–Crippen LogP) is 4.08. The maximum absolute atomic E-state index is 12.7. The maximum atomic E-state index is 12.7. The average molecular weight is 446 g/mol. The maximum Gasteiger partial charge on any atom is 0.225 e. The minimum Gasteiger partial charge on any atom is -0.497 e. The van der Waals surface area contributed by atoms with Crippen LogP contribution in [0.15, 0.2) is 67.0 Å². The van der Waals surface area contributed by atoms with Crippen LogP contribution in [0.25, 0.3) is 11.1 Å². The first kappa shape index (κ1) is 22.8. The molecule has 2 N–H and O–H groups in total. The van der Waals surface area contributed by atoms with E-state index in [1.165, 1.54) is 0 Å². The SMILES string of the molecule is COc1cc(CN2CCCC(Cc3ccc(-c4ccncc4)cc3)(C(N)=O)C2)cc(OC)c1. The van der Waals surface area contributed by atoms with Crippen LogP contribution in [0.1, 0.15) is 24.0 Å². The molecule has 6 heteroatoms. The van der Waals surface area contributed by atoms with Crippen LogP contribution in [-0.2, 0) is 17.8 Å². The van der Waals surface area contributed by atoms with Gasteiger partial charge in [-0.05, 0) is 72.3 Å². The van der Waals surface area contributed by atoms with Crippen LogP contribution in [-0.4, -0.2) is 43.1 Å². The fourth-order valence-electron chi connectivity index (χ4n) is 4.76. The van der Waals surface area contributed by atoms with Crippen LogP contribution < -0.4 is 15.2 Å². The lowest BCUT2D eigenvalue weighted by molar-refractivity contribution is -0.131. The molecule has 2 aromatic carbocycles. The Bertz CT molecular complexity index is 1060. The molecule has 0 radical (unpaired) electrons. The van der Waals surface area contributed by atoms with Gasteiger partial charge < -0.3 is 15.2 Å². The van der Waals surface area contributed by atoms with Gasteiger partial charge in [0.25, 0.3) is 0 Å². The summed E-state index contributed by atoms with van der Waals surface area (Å²) >= 11 is 0. The number of likely N-dealkylation sites (tertiary alicyclic amines) is 1. The second-order valence-electron chi connectivity index (χ2n) is 8.79. The summed E-state index contributed by atoms with van der Waals surface area (Å²) in [5.41, 5.74) is 9.89. The number of benzene rings is 2. The van der Waals surface area contributed by atoms with Gasteiger partial charge >= 0.3 is 0 Å². The van der Waals surface area contributed by atoms with E-state index in [0.717, 1.165) is 53.1 Å². The lowest BCUT2D eigenvalue weighted by Gasteiger charge is -2.41. The van der Waals surface area contributed by atoms with E-state index in [2.05, 4.69) is 34.1 Å². The van der Waals surface area contributed by atoms with E-state index in [-0.39, 0.29) is 5.91 Å². The number of hydrogen-bond acceptors (Lipinski definition) is 5. The summed E-state index contributed by atoms with van der Waals surface area (Å²) in [5, 5.41) is 0. The van der Waals surface area contributed by atoms with Crippen molar-refractivity contribution in [1.82, 2.24) is 9.88 Å². The minimum atomic E-state index is -0.584. The first-order valence-corrected chi connectivity index (χ1v) is 11.2. The normalized spacial score (nSPS) is 18.6. The van der Waals surface area contributed by atoms with Crippen molar-refractivity contribution in [2.45, 2.75) is 25.8 Å². The molecule has 0 bridgehead atoms. The number of carbonyl (C=O) groups excluding carboxylic acids is 1. The van der Waals surface area contributed by atoms with E-state index >= 15 is 0 Å². The van der Waals surface area contributed by atoms with Gasteiger partial charge in [0.05, 0.1) is 19.6 Å². The van der Waals surface area contributed by atoms with Gasteiger partial charge in [-0.1, -0.05) is 24.3 Å². The Hall–Kier alpha value is -3.38. The van der Waals surface area contributed by atoms with Crippen molar-refractivity contribution in [2.24, 2.45) is 11.1 Å². The summed E-state index contributed by atoms with van der Waals surface area (Å²) in [7, 11) is 3.30. The molecule has 33 heavy (non-hydrogen) atoms. The van der Waals surface area contributed by atoms with Gasteiger partial charge in [-0.15, -0.1) is 0 Å². The number of methoxy groups -OCH3 is 2. The molecule has 0 aliphatic carbocycles. The molecular formula is C27H31N3O3. The highest BCUT2D eigenvalue weighted by atomic mass is 16.5. The number of amides is 1. The third-order valence-electron chi connectivity index (χ3n) is 6.51.